The molecule has 2 aromatic rings. The highest BCUT2D eigenvalue weighted by Crippen LogP contribution is 2.28. The summed E-state index contributed by atoms with van der Waals surface area (Å²) in [6.45, 7) is 2.46. The molecule has 0 bridgehead atoms. The molecule has 1 aliphatic heterocycles. The molecule has 0 saturated carbocycles. The largest absolute Gasteiger partial charge is 0.435 e. The van der Waals surface area contributed by atoms with E-state index in [1.807, 2.05) is 12.1 Å². The van der Waals surface area contributed by atoms with Gasteiger partial charge >= 0.3 is 6.61 Å². The number of sulfonamides is 1. The molecule has 2 aromatic carbocycles. The minimum atomic E-state index is -3.81. The van der Waals surface area contributed by atoms with E-state index in [0.29, 0.717) is 11.6 Å². The van der Waals surface area contributed by atoms with Crippen molar-refractivity contribution in [2.75, 3.05) is 24.4 Å². The predicted molar refractivity (Wildman–Crippen MR) is 104 cm³/mol. The van der Waals surface area contributed by atoms with Crippen molar-refractivity contribution in [1.29, 1.82) is 0 Å². The standard InChI is InChI=1S/C20H24F2N2O3S/c1-2-12-24-13-11-16(14-24)15-3-5-17(6-4-15)23-28(25,26)19-9-7-18(8-10-19)27-20(21)22/h3-10,16,20,23H,2,11-14H2,1H3. The van der Waals surface area contributed by atoms with Gasteiger partial charge in [0.15, 0.2) is 0 Å². The molecule has 1 saturated heterocycles. The first kappa shape index (κ1) is 20.5. The minimum Gasteiger partial charge on any atom is -0.435 e. The number of alkyl halides is 2. The van der Waals surface area contributed by atoms with Crippen LogP contribution < -0.4 is 9.46 Å². The summed E-state index contributed by atoms with van der Waals surface area (Å²) < 4.78 is 56.1. The van der Waals surface area contributed by atoms with E-state index in [-0.39, 0.29) is 10.6 Å². The highest BCUT2D eigenvalue weighted by molar-refractivity contribution is 7.92. The summed E-state index contributed by atoms with van der Waals surface area (Å²) in [5, 5.41) is 0. The van der Waals surface area contributed by atoms with E-state index >= 15 is 0 Å². The highest BCUT2D eigenvalue weighted by Gasteiger charge is 2.23. The zero-order chi connectivity index (χ0) is 20.1. The van der Waals surface area contributed by atoms with E-state index in [4.69, 9.17) is 0 Å². The summed E-state index contributed by atoms with van der Waals surface area (Å²) >= 11 is 0. The number of hydrogen-bond donors (Lipinski definition) is 1. The van der Waals surface area contributed by atoms with Crippen molar-refractivity contribution in [3.8, 4) is 5.75 Å². The van der Waals surface area contributed by atoms with Crippen LogP contribution in [0.2, 0.25) is 0 Å². The summed E-state index contributed by atoms with van der Waals surface area (Å²) in [7, 11) is -3.81. The number of benzene rings is 2. The van der Waals surface area contributed by atoms with Gasteiger partial charge in [-0.15, -0.1) is 0 Å². The molecular formula is C20H24F2N2O3S. The van der Waals surface area contributed by atoms with E-state index in [1.54, 1.807) is 12.1 Å². The van der Waals surface area contributed by atoms with Gasteiger partial charge in [-0.2, -0.15) is 8.78 Å². The summed E-state index contributed by atoms with van der Waals surface area (Å²) in [5.74, 6) is 0.381. The third-order valence-corrected chi connectivity index (χ3v) is 6.20. The molecule has 1 N–H and O–H groups in total. The Kier molecular flexibility index (Phi) is 6.51. The topological polar surface area (TPSA) is 58.6 Å². The zero-order valence-corrected chi connectivity index (χ0v) is 16.5. The number of nitrogens with one attached hydrogen (secondary N) is 1. The van der Waals surface area contributed by atoms with Crippen molar-refractivity contribution in [1.82, 2.24) is 4.90 Å². The molecule has 0 amide bonds. The Bertz CT molecular complexity index is 871. The maximum atomic E-state index is 12.5. The van der Waals surface area contributed by atoms with Crippen LogP contribution in [0.1, 0.15) is 31.2 Å². The monoisotopic (exact) mass is 410 g/mol. The second-order valence-electron chi connectivity index (χ2n) is 6.86. The van der Waals surface area contributed by atoms with Gasteiger partial charge in [-0.25, -0.2) is 8.42 Å². The Morgan fingerprint density at radius 2 is 1.82 bits per heavy atom. The highest BCUT2D eigenvalue weighted by atomic mass is 32.2. The number of ether oxygens (including phenoxy) is 1. The SMILES string of the molecule is CCCN1CCC(c2ccc(NS(=O)(=O)c3ccc(OC(F)F)cc3)cc2)C1. The summed E-state index contributed by atoms with van der Waals surface area (Å²) in [6.07, 6.45) is 2.25. The average molecular weight is 410 g/mol. The molecule has 0 radical (unpaired) electrons. The zero-order valence-electron chi connectivity index (χ0n) is 15.6. The molecule has 152 valence electrons. The molecule has 1 unspecified atom stereocenters. The van der Waals surface area contributed by atoms with Crippen molar-refractivity contribution in [2.45, 2.75) is 37.2 Å². The van der Waals surface area contributed by atoms with Gasteiger partial charge < -0.3 is 9.64 Å². The minimum absolute atomic E-state index is 0.0239. The van der Waals surface area contributed by atoms with Crippen LogP contribution >= 0.6 is 0 Å². The fourth-order valence-electron chi connectivity index (χ4n) is 3.46. The smallest absolute Gasteiger partial charge is 0.387 e. The third kappa shape index (κ3) is 5.20. The molecule has 0 spiro atoms. The molecule has 1 aliphatic rings. The van der Waals surface area contributed by atoms with E-state index in [0.717, 1.165) is 32.5 Å². The molecule has 0 aliphatic carbocycles. The van der Waals surface area contributed by atoms with Crippen LogP contribution in [0.25, 0.3) is 0 Å². The van der Waals surface area contributed by atoms with Gasteiger partial charge in [-0.05, 0) is 73.8 Å². The number of likely N-dealkylation sites (tertiary alicyclic amines) is 1. The van der Waals surface area contributed by atoms with Crippen molar-refractivity contribution in [3.63, 3.8) is 0 Å². The van der Waals surface area contributed by atoms with Gasteiger partial charge in [0.2, 0.25) is 0 Å². The van der Waals surface area contributed by atoms with E-state index in [2.05, 4.69) is 21.3 Å². The Labute approximate surface area is 164 Å². The Morgan fingerprint density at radius 3 is 2.43 bits per heavy atom. The van der Waals surface area contributed by atoms with Gasteiger partial charge in [-0.1, -0.05) is 19.1 Å². The summed E-state index contributed by atoms with van der Waals surface area (Å²) in [4.78, 5) is 2.42. The van der Waals surface area contributed by atoms with Gasteiger partial charge in [0.1, 0.15) is 5.75 Å². The van der Waals surface area contributed by atoms with Crippen molar-refractivity contribution in [3.05, 3.63) is 54.1 Å². The molecule has 1 atom stereocenters. The molecule has 28 heavy (non-hydrogen) atoms. The first-order chi connectivity index (χ1) is 13.4. The lowest BCUT2D eigenvalue weighted by atomic mass is 9.98. The lowest BCUT2D eigenvalue weighted by Gasteiger charge is -2.15. The van der Waals surface area contributed by atoms with Crippen LogP contribution in [-0.4, -0.2) is 39.6 Å². The lowest BCUT2D eigenvalue weighted by Crippen LogP contribution is -2.20. The summed E-state index contributed by atoms with van der Waals surface area (Å²) in [5.41, 5.74) is 1.66. The average Bonchev–Trinajstić information content (AvgIpc) is 3.11. The maximum absolute atomic E-state index is 12.5. The fourth-order valence-corrected chi connectivity index (χ4v) is 4.52. The maximum Gasteiger partial charge on any atom is 0.387 e. The van der Waals surface area contributed by atoms with Gasteiger partial charge in [0.05, 0.1) is 4.90 Å². The molecule has 1 fully saturated rings. The van der Waals surface area contributed by atoms with Crippen LogP contribution in [0, 0.1) is 0 Å². The van der Waals surface area contributed by atoms with Gasteiger partial charge in [0, 0.05) is 12.2 Å². The number of hydrogen-bond acceptors (Lipinski definition) is 4. The second-order valence-corrected chi connectivity index (χ2v) is 8.55. The van der Waals surface area contributed by atoms with Gasteiger partial charge in [-0.3, -0.25) is 4.72 Å². The normalized spacial score (nSPS) is 17.8. The Morgan fingerprint density at radius 1 is 1.14 bits per heavy atom. The first-order valence-corrected chi connectivity index (χ1v) is 10.8. The Hall–Kier alpha value is -2.19. The summed E-state index contributed by atoms with van der Waals surface area (Å²) in [6, 6.07) is 12.3. The molecule has 5 nitrogen and oxygen atoms in total. The van der Waals surface area contributed by atoms with E-state index in [1.165, 1.54) is 29.8 Å². The first-order valence-electron chi connectivity index (χ1n) is 9.27. The fraction of sp³-hybridized carbons (Fsp3) is 0.400. The van der Waals surface area contributed by atoms with Gasteiger partial charge in [0.25, 0.3) is 10.0 Å². The lowest BCUT2D eigenvalue weighted by molar-refractivity contribution is -0.0498. The van der Waals surface area contributed by atoms with Crippen molar-refractivity contribution >= 4 is 15.7 Å². The van der Waals surface area contributed by atoms with E-state index < -0.39 is 16.6 Å². The number of rotatable bonds is 8. The van der Waals surface area contributed by atoms with Crippen molar-refractivity contribution in [2.24, 2.45) is 0 Å². The predicted octanol–water partition coefficient (Wildman–Crippen LogP) is 4.29. The quantitative estimate of drug-likeness (QED) is 0.705. The third-order valence-electron chi connectivity index (χ3n) is 4.81. The molecule has 0 aromatic heterocycles. The van der Waals surface area contributed by atoms with Crippen molar-refractivity contribution < 1.29 is 21.9 Å². The molecule has 3 rings (SSSR count). The Balaban J connectivity index is 1.64. The number of anilines is 1. The van der Waals surface area contributed by atoms with Crippen LogP contribution in [0.15, 0.2) is 53.4 Å². The molecule has 1 heterocycles. The molecular weight excluding hydrogens is 386 g/mol. The van der Waals surface area contributed by atoms with E-state index in [9.17, 15) is 17.2 Å². The number of nitrogens with zero attached hydrogens (tertiary/aromatic N) is 1. The molecule has 8 heteroatoms. The second kappa shape index (κ2) is 8.87. The van der Waals surface area contributed by atoms with Crippen LogP contribution in [0.5, 0.6) is 5.75 Å². The van der Waals surface area contributed by atoms with Crippen LogP contribution in [0.4, 0.5) is 14.5 Å². The van der Waals surface area contributed by atoms with Crippen LogP contribution in [0.3, 0.4) is 0 Å². The van der Waals surface area contributed by atoms with Crippen LogP contribution in [-0.2, 0) is 10.0 Å². The number of halogens is 2.